The van der Waals surface area contributed by atoms with Crippen LogP contribution in [0.4, 0.5) is 0 Å². The van der Waals surface area contributed by atoms with Gasteiger partial charge in [0.05, 0.1) is 6.61 Å². The minimum atomic E-state index is 0.682. The summed E-state index contributed by atoms with van der Waals surface area (Å²) in [6.45, 7) is 2.95. The molecule has 0 aromatic rings. The smallest absolute Gasteiger partial charge is 0.0679 e. The molecular weight excluding hydrogens is 102 g/mol. The van der Waals surface area contributed by atoms with Gasteiger partial charge >= 0.3 is 0 Å². The van der Waals surface area contributed by atoms with Gasteiger partial charge in [-0.05, 0) is 19.3 Å². The largest absolute Gasteiger partial charge is 0.302 e. The Morgan fingerprint density at radius 1 is 1.62 bits per heavy atom. The predicted molar refractivity (Wildman–Crippen MR) is 32.4 cm³/mol. The molecule has 1 saturated carbocycles. The summed E-state index contributed by atoms with van der Waals surface area (Å²) in [6.07, 6.45) is 3.69. The Hall–Kier alpha value is -0.0800. The summed E-state index contributed by atoms with van der Waals surface area (Å²) < 4.78 is 0. The molecule has 0 bridgehead atoms. The molecule has 0 aliphatic heterocycles. The summed E-state index contributed by atoms with van der Waals surface area (Å²) >= 11 is 0. The zero-order valence-corrected chi connectivity index (χ0v) is 5.31. The fourth-order valence-corrected chi connectivity index (χ4v) is 0.480. The highest BCUT2D eigenvalue weighted by Gasteiger charge is 2.20. The summed E-state index contributed by atoms with van der Waals surface area (Å²) in [6, 6.07) is 0.682. The Labute approximate surface area is 50.2 Å². The fraction of sp³-hybridized carbons (Fsp3) is 1.00. The first-order valence-corrected chi connectivity index (χ1v) is 3.31. The Morgan fingerprint density at radius 3 is 2.88 bits per heavy atom. The molecule has 1 N–H and O–H groups in total. The van der Waals surface area contributed by atoms with Crippen molar-refractivity contribution in [2.24, 2.45) is 0 Å². The third-order valence-corrected chi connectivity index (χ3v) is 1.13. The molecule has 0 aromatic heterocycles. The van der Waals surface area contributed by atoms with E-state index in [1.165, 1.54) is 12.8 Å². The van der Waals surface area contributed by atoms with Crippen LogP contribution in [0, 0.1) is 0 Å². The van der Waals surface area contributed by atoms with E-state index < -0.39 is 0 Å². The Morgan fingerprint density at radius 2 is 2.38 bits per heavy atom. The molecule has 0 atom stereocenters. The zero-order chi connectivity index (χ0) is 5.82. The van der Waals surface area contributed by atoms with Gasteiger partial charge in [-0.3, -0.25) is 0 Å². The van der Waals surface area contributed by atoms with Gasteiger partial charge in [0.15, 0.2) is 0 Å². The number of hydrogen-bond acceptors (Lipinski definition) is 2. The molecule has 1 fully saturated rings. The predicted octanol–water partition coefficient (Wildman–Crippen LogP) is 1.08. The van der Waals surface area contributed by atoms with Crippen LogP contribution >= 0.6 is 0 Å². The SMILES string of the molecule is CCCONC1CC1. The van der Waals surface area contributed by atoms with Crippen LogP contribution in [0.15, 0.2) is 0 Å². The molecule has 0 spiro atoms. The van der Waals surface area contributed by atoms with Crippen molar-refractivity contribution in [3.8, 4) is 0 Å². The Kier molecular flexibility index (Phi) is 2.30. The second-order valence-electron chi connectivity index (χ2n) is 2.24. The van der Waals surface area contributed by atoms with E-state index in [1.807, 2.05) is 0 Å². The van der Waals surface area contributed by atoms with Crippen LogP contribution in [0.2, 0.25) is 0 Å². The molecule has 2 nitrogen and oxygen atoms in total. The van der Waals surface area contributed by atoms with Gasteiger partial charge in [0, 0.05) is 6.04 Å². The average molecular weight is 115 g/mol. The minimum absolute atomic E-state index is 0.682. The molecule has 1 rings (SSSR count). The van der Waals surface area contributed by atoms with Crippen LogP contribution in [-0.4, -0.2) is 12.6 Å². The average Bonchev–Trinajstić information content (AvgIpc) is 2.51. The van der Waals surface area contributed by atoms with E-state index in [-0.39, 0.29) is 0 Å². The van der Waals surface area contributed by atoms with Gasteiger partial charge < -0.3 is 4.84 Å². The van der Waals surface area contributed by atoms with Crippen LogP contribution in [0.3, 0.4) is 0 Å². The van der Waals surface area contributed by atoms with Crippen LogP contribution in [0.25, 0.3) is 0 Å². The van der Waals surface area contributed by atoms with E-state index in [2.05, 4.69) is 12.4 Å². The third-order valence-electron chi connectivity index (χ3n) is 1.13. The minimum Gasteiger partial charge on any atom is -0.302 e. The molecule has 0 aromatic carbocycles. The second-order valence-corrected chi connectivity index (χ2v) is 2.24. The highest BCUT2D eigenvalue weighted by molar-refractivity contribution is 4.76. The quantitative estimate of drug-likeness (QED) is 0.437. The Balaban J connectivity index is 1.74. The van der Waals surface area contributed by atoms with Crippen LogP contribution in [-0.2, 0) is 4.84 Å². The second kappa shape index (κ2) is 3.05. The normalized spacial score (nSPS) is 19.1. The summed E-state index contributed by atoms with van der Waals surface area (Å²) in [4.78, 5) is 5.06. The maximum Gasteiger partial charge on any atom is 0.0679 e. The van der Waals surface area contributed by atoms with Crippen molar-refractivity contribution < 1.29 is 4.84 Å². The van der Waals surface area contributed by atoms with Gasteiger partial charge in [0.1, 0.15) is 0 Å². The van der Waals surface area contributed by atoms with Gasteiger partial charge in [0.2, 0.25) is 0 Å². The molecule has 0 radical (unpaired) electrons. The van der Waals surface area contributed by atoms with Gasteiger partial charge in [-0.2, -0.15) is 5.48 Å². The van der Waals surface area contributed by atoms with E-state index in [0.717, 1.165) is 13.0 Å². The molecule has 0 amide bonds. The summed E-state index contributed by atoms with van der Waals surface area (Å²) in [5.74, 6) is 0. The van der Waals surface area contributed by atoms with Gasteiger partial charge in [-0.15, -0.1) is 0 Å². The lowest BCUT2D eigenvalue weighted by Gasteiger charge is -1.99. The highest BCUT2D eigenvalue weighted by atomic mass is 16.6. The highest BCUT2D eigenvalue weighted by Crippen LogP contribution is 2.18. The van der Waals surface area contributed by atoms with Gasteiger partial charge in [-0.25, -0.2) is 0 Å². The fourth-order valence-electron chi connectivity index (χ4n) is 0.480. The van der Waals surface area contributed by atoms with Crippen molar-refractivity contribution in [1.82, 2.24) is 5.48 Å². The summed E-state index contributed by atoms with van der Waals surface area (Å²) in [7, 11) is 0. The molecule has 0 heterocycles. The standard InChI is InChI=1S/C6H13NO/c1-2-5-8-7-6-3-4-6/h6-7H,2-5H2,1H3. The third kappa shape index (κ3) is 2.28. The van der Waals surface area contributed by atoms with Crippen molar-refractivity contribution in [1.29, 1.82) is 0 Å². The molecular formula is C6H13NO. The van der Waals surface area contributed by atoms with E-state index in [1.54, 1.807) is 0 Å². The van der Waals surface area contributed by atoms with Crippen LogP contribution in [0.1, 0.15) is 26.2 Å². The number of hydrogen-bond donors (Lipinski definition) is 1. The van der Waals surface area contributed by atoms with E-state index in [9.17, 15) is 0 Å². The molecule has 0 saturated heterocycles. The van der Waals surface area contributed by atoms with E-state index >= 15 is 0 Å². The maximum absolute atomic E-state index is 5.06. The molecule has 1 aliphatic rings. The van der Waals surface area contributed by atoms with Gasteiger partial charge in [0.25, 0.3) is 0 Å². The molecule has 8 heavy (non-hydrogen) atoms. The van der Waals surface area contributed by atoms with Gasteiger partial charge in [-0.1, -0.05) is 6.92 Å². The lowest BCUT2D eigenvalue weighted by molar-refractivity contribution is 0.0368. The lowest BCUT2D eigenvalue weighted by Crippen LogP contribution is -2.16. The number of nitrogens with one attached hydrogen (secondary N) is 1. The number of rotatable bonds is 4. The topological polar surface area (TPSA) is 21.3 Å². The van der Waals surface area contributed by atoms with Crippen LogP contribution < -0.4 is 5.48 Å². The van der Waals surface area contributed by atoms with E-state index in [0.29, 0.717) is 6.04 Å². The number of hydroxylamine groups is 1. The van der Waals surface area contributed by atoms with Crippen molar-refractivity contribution in [2.45, 2.75) is 32.2 Å². The first-order chi connectivity index (χ1) is 3.93. The van der Waals surface area contributed by atoms with Crippen LogP contribution in [0.5, 0.6) is 0 Å². The monoisotopic (exact) mass is 115 g/mol. The molecule has 0 unspecified atom stereocenters. The maximum atomic E-state index is 5.06. The zero-order valence-electron chi connectivity index (χ0n) is 5.31. The van der Waals surface area contributed by atoms with Crippen molar-refractivity contribution in [2.75, 3.05) is 6.61 Å². The van der Waals surface area contributed by atoms with Crippen molar-refractivity contribution >= 4 is 0 Å². The molecule has 2 heteroatoms. The Bertz CT molecular complexity index is 61.5. The summed E-state index contributed by atoms with van der Waals surface area (Å²) in [5.41, 5.74) is 2.96. The lowest BCUT2D eigenvalue weighted by atomic mass is 10.5. The first kappa shape index (κ1) is 6.05. The summed E-state index contributed by atoms with van der Waals surface area (Å²) in [5, 5.41) is 0. The first-order valence-electron chi connectivity index (χ1n) is 3.31. The van der Waals surface area contributed by atoms with Crippen molar-refractivity contribution in [3.05, 3.63) is 0 Å². The van der Waals surface area contributed by atoms with E-state index in [4.69, 9.17) is 4.84 Å². The molecule has 1 aliphatic carbocycles. The molecule has 48 valence electrons. The van der Waals surface area contributed by atoms with Crippen molar-refractivity contribution in [3.63, 3.8) is 0 Å².